The fourth-order valence-electron chi connectivity index (χ4n) is 3.29. The third-order valence-corrected chi connectivity index (χ3v) is 6.80. The number of primary sulfonamides is 1. The van der Waals surface area contributed by atoms with Gasteiger partial charge >= 0.3 is 5.97 Å². The van der Waals surface area contributed by atoms with Crippen molar-refractivity contribution in [3.63, 3.8) is 0 Å². The number of hydrogen-bond acceptors (Lipinski definition) is 7. The molecule has 2 aliphatic heterocycles. The predicted octanol–water partition coefficient (Wildman–Crippen LogP) is 0.00280. The van der Waals surface area contributed by atoms with Gasteiger partial charge in [0.1, 0.15) is 5.00 Å². The highest BCUT2D eigenvalue weighted by molar-refractivity contribution is 7.89. The van der Waals surface area contributed by atoms with Gasteiger partial charge in [0, 0.05) is 19.6 Å². The highest BCUT2D eigenvalue weighted by atomic mass is 32.2. The van der Waals surface area contributed by atoms with Crippen molar-refractivity contribution in [2.75, 3.05) is 31.6 Å². The largest absolute Gasteiger partial charge is 0.465 e. The van der Waals surface area contributed by atoms with Gasteiger partial charge in [-0.1, -0.05) is 0 Å². The van der Waals surface area contributed by atoms with Crippen molar-refractivity contribution in [3.05, 3.63) is 17.0 Å². The second-order valence-corrected chi connectivity index (χ2v) is 8.66. The van der Waals surface area contributed by atoms with E-state index in [-0.39, 0.29) is 18.5 Å². The first-order valence-electron chi connectivity index (χ1n) is 7.55. The molecule has 132 valence electrons. The van der Waals surface area contributed by atoms with Gasteiger partial charge in [-0.25, -0.2) is 18.4 Å². The number of likely N-dealkylation sites (tertiary alicyclic amines) is 1. The Morgan fingerprint density at radius 2 is 2.12 bits per heavy atom. The number of amides is 1. The van der Waals surface area contributed by atoms with Crippen LogP contribution >= 0.6 is 11.3 Å². The molecule has 8 nitrogen and oxygen atoms in total. The second kappa shape index (κ2) is 6.43. The van der Waals surface area contributed by atoms with Crippen LogP contribution in [0.25, 0.3) is 0 Å². The van der Waals surface area contributed by atoms with Crippen LogP contribution < -0.4 is 10.0 Å². The molecule has 1 aromatic heterocycles. The average Bonchev–Trinajstić information content (AvgIpc) is 3.23. The lowest BCUT2D eigenvalue weighted by atomic mass is 10.2. The fourth-order valence-corrected chi connectivity index (χ4v) is 5.04. The molecule has 2 fully saturated rings. The second-order valence-electron chi connectivity index (χ2n) is 5.92. The molecule has 2 saturated heterocycles. The van der Waals surface area contributed by atoms with Gasteiger partial charge < -0.3 is 9.64 Å². The number of thiophene rings is 1. The maximum Gasteiger partial charge on any atom is 0.340 e. The number of carbonyl (C=O) groups is 2. The molecule has 3 rings (SSSR count). The van der Waals surface area contributed by atoms with Crippen LogP contribution in [0.3, 0.4) is 0 Å². The van der Waals surface area contributed by atoms with Crippen LogP contribution in [-0.4, -0.2) is 63.2 Å². The van der Waals surface area contributed by atoms with Crippen LogP contribution in [0.15, 0.2) is 11.4 Å². The van der Waals surface area contributed by atoms with Crippen molar-refractivity contribution >= 4 is 38.2 Å². The average molecular weight is 373 g/mol. The van der Waals surface area contributed by atoms with E-state index in [2.05, 4.69) is 0 Å². The molecule has 0 unspecified atom stereocenters. The first-order valence-corrected chi connectivity index (χ1v) is 10.0. The quantitative estimate of drug-likeness (QED) is 0.744. The van der Waals surface area contributed by atoms with Crippen LogP contribution in [0.5, 0.6) is 0 Å². The zero-order valence-corrected chi connectivity index (χ0v) is 14.8. The van der Waals surface area contributed by atoms with Crippen molar-refractivity contribution in [2.45, 2.75) is 24.1 Å². The van der Waals surface area contributed by atoms with Gasteiger partial charge in [-0.2, -0.15) is 0 Å². The van der Waals surface area contributed by atoms with Crippen molar-refractivity contribution in [2.24, 2.45) is 5.14 Å². The summed E-state index contributed by atoms with van der Waals surface area (Å²) in [4.78, 5) is 28.0. The Balaban J connectivity index is 1.75. The minimum Gasteiger partial charge on any atom is -0.465 e. The molecule has 0 spiro atoms. The lowest BCUT2D eigenvalue weighted by molar-refractivity contribution is -0.121. The highest BCUT2D eigenvalue weighted by Gasteiger charge is 2.42. The number of ether oxygens (including phenoxy) is 1. The number of nitrogens with two attached hydrogens (primary N) is 1. The maximum atomic E-state index is 12.8. The molecule has 2 aliphatic rings. The van der Waals surface area contributed by atoms with E-state index in [1.54, 1.807) is 16.3 Å². The number of nitrogens with zero attached hydrogens (tertiary/aromatic N) is 2. The van der Waals surface area contributed by atoms with E-state index in [9.17, 15) is 18.0 Å². The number of carbonyl (C=O) groups excluding carboxylic acids is 2. The number of hydrogen-bond donors (Lipinski definition) is 1. The van der Waals surface area contributed by atoms with E-state index in [1.807, 2.05) is 4.90 Å². The van der Waals surface area contributed by atoms with Crippen molar-refractivity contribution in [1.82, 2.24) is 4.90 Å². The Hall–Kier alpha value is -1.49. The van der Waals surface area contributed by atoms with Crippen molar-refractivity contribution in [3.8, 4) is 0 Å². The molecule has 2 N–H and O–H groups in total. The topological polar surface area (TPSA) is 110 Å². The third kappa shape index (κ3) is 3.06. The van der Waals surface area contributed by atoms with Gasteiger partial charge in [0.05, 0.1) is 24.0 Å². The summed E-state index contributed by atoms with van der Waals surface area (Å²) >= 11 is 1.31. The lowest BCUT2D eigenvalue weighted by Gasteiger charge is -2.23. The SMILES string of the molecule is COC(=O)c1ccsc1N1CC[C@H](N2CC[C@@H](S(N)(=O)=O)C2)C1=O. The van der Waals surface area contributed by atoms with Crippen LogP contribution in [-0.2, 0) is 19.6 Å². The number of sulfonamides is 1. The number of anilines is 1. The van der Waals surface area contributed by atoms with E-state index in [1.165, 1.54) is 18.4 Å². The minimum absolute atomic E-state index is 0.113. The molecule has 0 saturated carbocycles. The summed E-state index contributed by atoms with van der Waals surface area (Å²) in [6.07, 6.45) is 1.03. The smallest absolute Gasteiger partial charge is 0.340 e. The van der Waals surface area contributed by atoms with E-state index >= 15 is 0 Å². The summed E-state index contributed by atoms with van der Waals surface area (Å²) in [5.41, 5.74) is 0.375. The molecular formula is C14H19N3O5S2. The molecule has 0 bridgehead atoms. The van der Waals surface area contributed by atoms with Crippen LogP contribution in [0, 0.1) is 0 Å². The first kappa shape index (κ1) is 17.3. The molecule has 24 heavy (non-hydrogen) atoms. The van der Waals surface area contributed by atoms with Crippen molar-refractivity contribution < 1.29 is 22.7 Å². The first-order chi connectivity index (χ1) is 11.3. The zero-order valence-electron chi connectivity index (χ0n) is 13.2. The van der Waals surface area contributed by atoms with E-state index in [4.69, 9.17) is 9.88 Å². The van der Waals surface area contributed by atoms with E-state index < -0.39 is 21.2 Å². The molecule has 0 radical (unpaired) electrons. The molecule has 3 heterocycles. The van der Waals surface area contributed by atoms with Gasteiger partial charge in [0.15, 0.2) is 0 Å². The fraction of sp³-hybridized carbons (Fsp3) is 0.571. The molecule has 2 atom stereocenters. The van der Waals surface area contributed by atoms with Crippen LogP contribution in [0.1, 0.15) is 23.2 Å². The van der Waals surface area contributed by atoms with E-state index in [0.717, 1.165) is 0 Å². The Morgan fingerprint density at radius 3 is 2.75 bits per heavy atom. The van der Waals surface area contributed by atoms with Crippen LogP contribution in [0.4, 0.5) is 5.00 Å². The Kier molecular flexibility index (Phi) is 4.65. The Morgan fingerprint density at radius 1 is 1.38 bits per heavy atom. The lowest BCUT2D eigenvalue weighted by Crippen LogP contribution is -2.42. The predicted molar refractivity (Wildman–Crippen MR) is 89.5 cm³/mol. The van der Waals surface area contributed by atoms with Gasteiger partial charge in [-0.05, 0) is 24.3 Å². The monoisotopic (exact) mass is 373 g/mol. The van der Waals surface area contributed by atoms with Crippen LogP contribution in [0.2, 0.25) is 0 Å². The summed E-state index contributed by atoms with van der Waals surface area (Å²) in [6, 6.07) is 1.27. The minimum atomic E-state index is -3.59. The van der Waals surface area contributed by atoms with Gasteiger partial charge in [-0.3, -0.25) is 9.69 Å². The molecule has 10 heteroatoms. The Bertz CT molecular complexity index is 760. The normalized spacial score (nSPS) is 25.4. The number of rotatable bonds is 4. The van der Waals surface area contributed by atoms with Gasteiger partial charge in [0.2, 0.25) is 15.9 Å². The summed E-state index contributed by atoms with van der Waals surface area (Å²) in [5.74, 6) is -0.587. The Labute approximate surface area is 144 Å². The standard InChI is InChI=1S/C14H19N3O5S2/c1-22-14(19)10-4-7-23-13(10)17-6-3-11(12(17)18)16-5-2-9(8-16)24(15,20)21/h4,7,9,11H,2-3,5-6,8H2,1H3,(H2,15,20,21)/t9-,11+/m1/s1. The molecule has 0 aliphatic carbocycles. The molecule has 1 aromatic rings. The summed E-state index contributed by atoms with van der Waals surface area (Å²) in [5, 5.41) is 6.92. The zero-order chi connectivity index (χ0) is 17.5. The summed E-state index contributed by atoms with van der Waals surface area (Å²) < 4.78 is 27.7. The van der Waals surface area contributed by atoms with Gasteiger partial charge in [0.25, 0.3) is 0 Å². The number of esters is 1. The summed E-state index contributed by atoms with van der Waals surface area (Å²) in [6.45, 7) is 1.29. The highest BCUT2D eigenvalue weighted by Crippen LogP contribution is 2.34. The molecular weight excluding hydrogens is 354 g/mol. The van der Waals surface area contributed by atoms with Gasteiger partial charge in [-0.15, -0.1) is 11.3 Å². The number of methoxy groups -OCH3 is 1. The van der Waals surface area contributed by atoms with E-state index in [0.29, 0.717) is 36.5 Å². The molecule has 1 amide bonds. The van der Waals surface area contributed by atoms with Crippen molar-refractivity contribution in [1.29, 1.82) is 0 Å². The maximum absolute atomic E-state index is 12.8. The summed E-state index contributed by atoms with van der Waals surface area (Å²) in [7, 11) is -2.28. The third-order valence-electron chi connectivity index (χ3n) is 4.55. The molecule has 0 aromatic carbocycles.